The summed E-state index contributed by atoms with van der Waals surface area (Å²) >= 11 is 0. The Morgan fingerprint density at radius 2 is 1.62 bits per heavy atom. The van der Waals surface area contributed by atoms with Crippen LogP contribution in [0.5, 0.6) is 0 Å². The van der Waals surface area contributed by atoms with Crippen molar-refractivity contribution in [2.45, 2.75) is 64.8 Å². The van der Waals surface area contributed by atoms with Crippen molar-refractivity contribution >= 4 is 12.0 Å². The number of rotatable bonds is 2. The second-order valence-corrected chi connectivity index (χ2v) is 7.65. The van der Waals surface area contributed by atoms with Gasteiger partial charge in [0.15, 0.2) is 0 Å². The Morgan fingerprint density at radius 3 is 2.10 bits per heavy atom. The van der Waals surface area contributed by atoms with Crippen LogP contribution in [0.2, 0.25) is 0 Å². The summed E-state index contributed by atoms with van der Waals surface area (Å²) in [5.41, 5.74) is -0.780. The highest BCUT2D eigenvalue weighted by Gasteiger charge is 2.43. The first-order chi connectivity index (χ1) is 9.74. The molecular formula is C16H28N2O3. The summed E-state index contributed by atoms with van der Waals surface area (Å²) in [5, 5.41) is 12.4. The standard InChI is InChI=1S/C16H28N2O3/c1-12-4-6-16(7-5-12,13(19)20)17-14(21)18-10-8-15(2,3)9-11-18/h12H,4-11H2,1-3H3,(H,17,21)(H,19,20). The Bertz CT molecular complexity index is 402. The number of nitrogens with one attached hydrogen (secondary N) is 1. The van der Waals surface area contributed by atoms with Gasteiger partial charge in [0.05, 0.1) is 0 Å². The number of likely N-dealkylation sites (tertiary alicyclic amines) is 1. The number of aliphatic carboxylic acids is 1. The van der Waals surface area contributed by atoms with Crippen LogP contribution in [-0.2, 0) is 4.79 Å². The summed E-state index contributed by atoms with van der Waals surface area (Å²) in [6.07, 6.45) is 4.73. The molecule has 21 heavy (non-hydrogen) atoms. The highest BCUT2D eigenvalue weighted by atomic mass is 16.4. The molecule has 0 bridgehead atoms. The van der Waals surface area contributed by atoms with Crippen LogP contribution >= 0.6 is 0 Å². The zero-order valence-corrected chi connectivity index (χ0v) is 13.4. The van der Waals surface area contributed by atoms with E-state index in [4.69, 9.17) is 0 Å². The second-order valence-electron chi connectivity index (χ2n) is 7.65. The van der Waals surface area contributed by atoms with E-state index in [-0.39, 0.29) is 11.4 Å². The molecule has 5 heteroatoms. The number of hydrogen-bond donors (Lipinski definition) is 2. The molecule has 2 N–H and O–H groups in total. The zero-order valence-electron chi connectivity index (χ0n) is 13.4. The van der Waals surface area contributed by atoms with Crippen LogP contribution in [-0.4, -0.2) is 40.6 Å². The van der Waals surface area contributed by atoms with Crippen LogP contribution in [0.4, 0.5) is 4.79 Å². The van der Waals surface area contributed by atoms with Gasteiger partial charge in [-0.2, -0.15) is 0 Å². The van der Waals surface area contributed by atoms with E-state index < -0.39 is 11.5 Å². The topological polar surface area (TPSA) is 69.6 Å². The maximum absolute atomic E-state index is 12.4. The fraction of sp³-hybridized carbons (Fsp3) is 0.875. The van der Waals surface area contributed by atoms with Crippen molar-refractivity contribution < 1.29 is 14.7 Å². The molecule has 1 heterocycles. The fourth-order valence-electron chi connectivity index (χ4n) is 3.25. The van der Waals surface area contributed by atoms with E-state index in [1.165, 1.54) is 0 Å². The van der Waals surface area contributed by atoms with Crippen LogP contribution in [0.3, 0.4) is 0 Å². The van der Waals surface area contributed by atoms with Crippen molar-refractivity contribution in [3.8, 4) is 0 Å². The molecule has 5 nitrogen and oxygen atoms in total. The predicted molar refractivity (Wildman–Crippen MR) is 81.1 cm³/mol. The molecule has 0 atom stereocenters. The molecule has 0 spiro atoms. The first-order valence-electron chi connectivity index (χ1n) is 8.05. The van der Waals surface area contributed by atoms with Crippen LogP contribution in [0.25, 0.3) is 0 Å². The number of carbonyl (C=O) groups excluding carboxylic acids is 1. The average molecular weight is 296 g/mol. The van der Waals surface area contributed by atoms with Gasteiger partial charge in [-0.1, -0.05) is 20.8 Å². The number of carboxylic acids is 1. The van der Waals surface area contributed by atoms with Gasteiger partial charge in [0, 0.05) is 13.1 Å². The van der Waals surface area contributed by atoms with E-state index in [1.54, 1.807) is 4.90 Å². The molecule has 2 aliphatic rings. The predicted octanol–water partition coefficient (Wildman–Crippen LogP) is 2.85. The van der Waals surface area contributed by atoms with Gasteiger partial charge in [0.2, 0.25) is 0 Å². The quantitative estimate of drug-likeness (QED) is 0.823. The Hall–Kier alpha value is -1.26. The number of carbonyl (C=O) groups is 2. The van der Waals surface area contributed by atoms with Gasteiger partial charge in [-0.05, 0) is 49.9 Å². The minimum absolute atomic E-state index is 0.206. The molecule has 0 radical (unpaired) electrons. The van der Waals surface area contributed by atoms with Gasteiger partial charge in [-0.25, -0.2) is 9.59 Å². The van der Waals surface area contributed by atoms with Crippen molar-refractivity contribution in [1.29, 1.82) is 0 Å². The van der Waals surface area contributed by atoms with Crippen LogP contribution in [0.15, 0.2) is 0 Å². The highest BCUT2D eigenvalue weighted by Crippen LogP contribution is 2.33. The van der Waals surface area contributed by atoms with Crippen LogP contribution in [0.1, 0.15) is 59.3 Å². The third-order valence-corrected chi connectivity index (χ3v) is 5.29. The van der Waals surface area contributed by atoms with E-state index in [0.29, 0.717) is 31.8 Å². The lowest BCUT2D eigenvalue weighted by Crippen LogP contribution is -2.60. The summed E-state index contributed by atoms with van der Waals surface area (Å²) in [6.45, 7) is 7.99. The molecule has 120 valence electrons. The molecule has 1 aliphatic carbocycles. The van der Waals surface area contributed by atoms with Gasteiger partial charge in [-0.15, -0.1) is 0 Å². The molecule has 0 aromatic rings. The molecule has 2 fully saturated rings. The van der Waals surface area contributed by atoms with E-state index in [9.17, 15) is 14.7 Å². The smallest absolute Gasteiger partial charge is 0.329 e. The van der Waals surface area contributed by atoms with Crippen molar-refractivity contribution in [3.05, 3.63) is 0 Å². The molecule has 1 saturated heterocycles. The average Bonchev–Trinajstić information content (AvgIpc) is 2.41. The molecule has 0 aromatic heterocycles. The van der Waals surface area contributed by atoms with Gasteiger partial charge in [0.25, 0.3) is 0 Å². The van der Waals surface area contributed by atoms with Crippen molar-refractivity contribution in [2.24, 2.45) is 11.3 Å². The van der Waals surface area contributed by atoms with Gasteiger partial charge in [-0.3, -0.25) is 0 Å². The number of piperidine rings is 1. The lowest BCUT2D eigenvalue weighted by Gasteiger charge is -2.41. The molecule has 2 rings (SSSR count). The number of amides is 2. The number of carboxylic acid groups (broad SMARTS) is 1. The monoisotopic (exact) mass is 296 g/mol. The summed E-state index contributed by atoms with van der Waals surface area (Å²) in [4.78, 5) is 25.9. The number of nitrogens with zero attached hydrogens (tertiary/aromatic N) is 1. The molecule has 0 aromatic carbocycles. The van der Waals surface area contributed by atoms with E-state index >= 15 is 0 Å². The van der Waals surface area contributed by atoms with E-state index in [2.05, 4.69) is 26.1 Å². The minimum Gasteiger partial charge on any atom is -0.480 e. The SMILES string of the molecule is CC1CCC(NC(=O)N2CCC(C)(C)CC2)(C(=O)O)CC1. The Balaban J connectivity index is 1.98. The maximum atomic E-state index is 12.4. The van der Waals surface area contributed by atoms with Crippen molar-refractivity contribution in [1.82, 2.24) is 10.2 Å². The Morgan fingerprint density at radius 1 is 1.10 bits per heavy atom. The van der Waals surface area contributed by atoms with Gasteiger partial charge < -0.3 is 15.3 Å². The summed E-state index contributed by atoms with van der Waals surface area (Å²) in [7, 11) is 0. The number of urea groups is 1. The third-order valence-electron chi connectivity index (χ3n) is 5.29. The van der Waals surface area contributed by atoms with Gasteiger partial charge >= 0.3 is 12.0 Å². The van der Waals surface area contributed by atoms with Gasteiger partial charge in [0.1, 0.15) is 5.54 Å². The normalized spacial score (nSPS) is 32.5. The summed E-state index contributed by atoms with van der Waals surface area (Å²) < 4.78 is 0. The molecule has 0 unspecified atom stereocenters. The van der Waals surface area contributed by atoms with E-state index in [1.807, 2.05) is 0 Å². The minimum atomic E-state index is -1.06. The fourth-order valence-corrected chi connectivity index (χ4v) is 3.25. The first-order valence-corrected chi connectivity index (χ1v) is 8.05. The Labute approximate surface area is 127 Å². The van der Waals surface area contributed by atoms with Crippen molar-refractivity contribution in [3.63, 3.8) is 0 Å². The van der Waals surface area contributed by atoms with Crippen molar-refractivity contribution in [2.75, 3.05) is 13.1 Å². The van der Waals surface area contributed by atoms with Crippen LogP contribution < -0.4 is 5.32 Å². The lowest BCUT2D eigenvalue weighted by atomic mass is 9.77. The van der Waals surface area contributed by atoms with Crippen LogP contribution in [0, 0.1) is 11.3 Å². The molecule has 1 aliphatic heterocycles. The zero-order chi connectivity index (χ0) is 15.7. The highest BCUT2D eigenvalue weighted by molar-refractivity contribution is 5.86. The lowest BCUT2D eigenvalue weighted by molar-refractivity contribution is -0.146. The summed E-state index contributed by atoms with van der Waals surface area (Å²) in [5.74, 6) is -0.342. The Kier molecular flexibility index (Phi) is 4.49. The summed E-state index contributed by atoms with van der Waals surface area (Å²) in [6, 6.07) is -0.206. The second kappa shape index (κ2) is 5.85. The number of hydrogen-bond acceptors (Lipinski definition) is 2. The largest absolute Gasteiger partial charge is 0.480 e. The third kappa shape index (κ3) is 3.69. The van der Waals surface area contributed by atoms with E-state index in [0.717, 1.165) is 25.7 Å². The molecular weight excluding hydrogens is 268 g/mol. The maximum Gasteiger partial charge on any atom is 0.329 e. The molecule has 2 amide bonds. The molecule has 1 saturated carbocycles. The first kappa shape index (κ1) is 16.1.